The van der Waals surface area contributed by atoms with Crippen molar-refractivity contribution in [3.05, 3.63) is 35.6 Å². The summed E-state index contributed by atoms with van der Waals surface area (Å²) in [6.45, 7) is 3.96. The normalized spacial score (nSPS) is 18.9. The van der Waals surface area contributed by atoms with Crippen molar-refractivity contribution < 1.29 is 9.90 Å². The molecule has 1 aliphatic carbocycles. The van der Waals surface area contributed by atoms with E-state index in [-0.39, 0.29) is 17.0 Å². The smallest absolute Gasteiger partial charge is 0.168 e. The van der Waals surface area contributed by atoms with E-state index in [0.717, 1.165) is 5.69 Å². The van der Waals surface area contributed by atoms with Crippen molar-refractivity contribution in [1.82, 2.24) is 0 Å². The fraction of sp³-hybridized carbons (Fsp3) is 0.375. The van der Waals surface area contributed by atoms with Crippen LogP contribution in [0.4, 0.5) is 5.69 Å². The summed E-state index contributed by atoms with van der Waals surface area (Å²) in [5, 5.41) is 10.00. The first-order valence-electron chi connectivity index (χ1n) is 6.55. The van der Waals surface area contributed by atoms with Gasteiger partial charge in [0.15, 0.2) is 5.78 Å². The average molecular weight is 289 g/mol. The average Bonchev–Trinajstić information content (AvgIpc) is 2.37. The molecule has 0 amide bonds. The van der Waals surface area contributed by atoms with Gasteiger partial charge in [-0.3, -0.25) is 9.79 Å². The van der Waals surface area contributed by atoms with Crippen LogP contribution in [0.2, 0.25) is 0 Å². The first-order chi connectivity index (χ1) is 9.41. The van der Waals surface area contributed by atoms with Gasteiger partial charge in [-0.15, -0.1) is 11.8 Å². The predicted octanol–water partition coefficient (Wildman–Crippen LogP) is 4.31. The Bertz CT molecular complexity index is 571. The molecular formula is C16H19NO2S. The van der Waals surface area contributed by atoms with Crippen LogP contribution in [-0.4, -0.2) is 23.4 Å². The van der Waals surface area contributed by atoms with Crippen molar-refractivity contribution in [1.29, 1.82) is 0 Å². The highest BCUT2D eigenvalue weighted by molar-refractivity contribution is 7.98. The van der Waals surface area contributed by atoms with Gasteiger partial charge >= 0.3 is 0 Å². The first kappa shape index (κ1) is 14.9. The maximum atomic E-state index is 12.0. The molecule has 0 bridgehead atoms. The fourth-order valence-corrected chi connectivity index (χ4v) is 2.66. The number of aliphatic imine (C=N–C) groups is 1. The molecule has 0 saturated heterocycles. The molecule has 1 aliphatic rings. The molecule has 4 heteroatoms. The third kappa shape index (κ3) is 3.51. The highest BCUT2D eigenvalue weighted by Gasteiger charge is 2.32. The maximum Gasteiger partial charge on any atom is 0.168 e. The van der Waals surface area contributed by atoms with Crippen LogP contribution in [0.15, 0.2) is 45.5 Å². The Hall–Kier alpha value is -1.55. The Kier molecular flexibility index (Phi) is 4.33. The topological polar surface area (TPSA) is 49.7 Å². The van der Waals surface area contributed by atoms with Crippen LogP contribution in [0.5, 0.6) is 0 Å². The molecule has 1 aromatic carbocycles. The summed E-state index contributed by atoms with van der Waals surface area (Å²) in [4.78, 5) is 17.5. The number of benzene rings is 1. The van der Waals surface area contributed by atoms with Crippen LogP contribution < -0.4 is 0 Å². The lowest BCUT2D eigenvalue weighted by molar-refractivity contribution is -0.117. The molecule has 2 rings (SSSR count). The summed E-state index contributed by atoms with van der Waals surface area (Å²) >= 11 is 1.67. The second kappa shape index (κ2) is 5.83. The van der Waals surface area contributed by atoms with Gasteiger partial charge in [0.05, 0.1) is 11.3 Å². The van der Waals surface area contributed by atoms with Crippen molar-refractivity contribution in [3.8, 4) is 0 Å². The largest absolute Gasteiger partial charge is 0.511 e. The highest BCUT2D eigenvalue weighted by Crippen LogP contribution is 2.35. The number of aliphatic hydroxyl groups is 1. The molecular weight excluding hydrogens is 270 g/mol. The lowest BCUT2D eigenvalue weighted by Gasteiger charge is -2.28. The molecule has 0 aromatic heterocycles. The number of carbonyl (C=O) groups is 1. The van der Waals surface area contributed by atoms with E-state index in [1.165, 1.54) is 11.1 Å². The quantitative estimate of drug-likeness (QED) is 0.666. The van der Waals surface area contributed by atoms with Gasteiger partial charge < -0.3 is 5.11 Å². The van der Waals surface area contributed by atoms with Crippen LogP contribution in [-0.2, 0) is 4.79 Å². The molecule has 0 heterocycles. The van der Waals surface area contributed by atoms with Crippen LogP contribution >= 0.6 is 11.8 Å². The van der Waals surface area contributed by atoms with Crippen molar-refractivity contribution in [2.24, 2.45) is 10.4 Å². The zero-order valence-corrected chi connectivity index (χ0v) is 12.8. The van der Waals surface area contributed by atoms with Crippen LogP contribution in [0.1, 0.15) is 26.7 Å². The van der Waals surface area contributed by atoms with Crippen molar-refractivity contribution in [2.75, 3.05) is 6.26 Å². The molecule has 0 radical (unpaired) electrons. The van der Waals surface area contributed by atoms with Gasteiger partial charge in [0.2, 0.25) is 0 Å². The third-order valence-corrected chi connectivity index (χ3v) is 4.06. The Morgan fingerprint density at radius 1 is 1.25 bits per heavy atom. The van der Waals surface area contributed by atoms with Gasteiger partial charge in [0, 0.05) is 24.0 Å². The van der Waals surface area contributed by atoms with Crippen molar-refractivity contribution in [2.45, 2.75) is 31.6 Å². The van der Waals surface area contributed by atoms with E-state index in [1.54, 1.807) is 11.8 Å². The van der Waals surface area contributed by atoms with Gasteiger partial charge in [-0.2, -0.15) is 0 Å². The maximum absolute atomic E-state index is 12.0. The SMILES string of the molecule is CSc1ccc(N=CC2=C(O)CC(C)(C)CC2=O)cc1. The molecule has 0 atom stereocenters. The molecule has 0 saturated carbocycles. The number of hydrogen-bond acceptors (Lipinski definition) is 4. The molecule has 3 nitrogen and oxygen atoms in total. The molecule has 0 fully saturated rings. The lowest BCUT2D eigenvalue weighted by atomic mass is 9.77. The van der Waals surface area contributed by atoms with Crippen molar-refractivity contribution >= 4 is 29.4 Å². The number of Topliss-reactive ketones (excluding diaryl/α,β-unsaturated/α-hetero) is 1. The second-order valence-corrected chi connectivity index (χ2v) is 6.64. The minimum absolute atomic E-state index is 0.0387. The van der Waals surface area contributed by atoms with Crippen LogP contribution in [0.3, 0.4) is 0 Å². The molecule has 1 N–H and O–H groups in total. The number of aliphatic hydroxyl groups excluding tert-OH is 1. The lowest BCUT2D eigenvalue weighted by Crippen LogP contribution is -2.26. The summed E-state index contributed by atoms with van der Waals surface area (Å²) in [5.74, 6) is 0.110. The van der Waals surface area contributed by atoms with E-state index >= 15 is 0 Å². The van der Waals surface area contributed by atoms with E-state index in [4.69, 9.17) is 0 Å². The fourth-order valence-electron chi connectivity index (χ4n) is 2.26. The summed E-state index contributed by atoms with van der Waals surface area (Å²) in [7, 11) is 0. The predicted molar refractivity (Wildman–Crippen MR) is 84.1 cm³/mol. The Morgan fingerprint density at radius 3 is 2.45 bits per heavy atom. The van der Waals surface area contributed by atoms with Gasteiger partial charge in [-0.05, 0) is 35.9 Å². The third-order valence-electron chi connectivity index (χ3n) is 3.31. The molecule has 20 heavy (non-hydrogen) atoms. The zero-order chi connectivity index (χ0) is 14.8. The second-order valence-electron chi connectivity index (χ2n) is 5.76. The van der Waals surface area contributed by atoms with E-state index in [9.17, 15) is 9.90 Å². The Morgan fingerprint density at radius 2 is 1.90 bits per heavy atom. The number of carbonyl (C=O) groups excluding carboxylic acids is 1. The van der Waals surface area contributed by atoms with E-state index in [1.807, 2.05) is 44.4 Å². The summed E-state index contributed by atoms with van der Waals surface area (Å²) in [6, 6.07) is 7.77. The summed E-state index contributed by atoms with van der Waals surface area (Å²) < 4.78 is 0. The minimum atomic E-state index is -0.168. The van der Waals surface area contributed by atoms with Gasteiger partial charge in [-0.25, -0.2) is 0 Å². The minimum Gasteiger partial charge on any atom is -0.511 e. The van der Waals surface area contributed by atoms with Crippen LogP contribution in [0.25, 0.3) is 0 Å². The summed E-state index contributed by atoms with van der Waals surface area (Å²) in [5.41, 5.74) is 0.956. The molecule has 0 aliphatic heterocycles. The van der Waals surface area contributed by atoms with Gasteiger partial charge in [-0.1, -0.05) is 13.8 Å². The molecule has 1 aromatic rings. The summed E-state index contributed by atoms with van der Waals surface area (Å²) in [6.07, 6.45) is 4.47. The van der Waals surface area contributed by atoms with Crippen LogP contribution in [0, 0.1) is 5.41 Å². The van der Waals surface area contributed by atoms with E-state index in [0.29, 0.717) is 18.4 Å². The standard InChI is InChI=1S/C16H19NO2S/c1-16(2)8-14(18)13(15(19)9-16)10-17-11-4-6-12(20-3)7-5-11/h4-7,10,18H,8-9H2,1-3H3. The number of hydrogen-bond donors (Lipinski definition) is 1. The van der Waals surface area contributed by atoms with Gasteiger partial charge in [0.25, 0.3) is 0 Å². The number of allylic oxidation sites excluding steroid dienone is 2. The van der Waals surface area contributed by atoms with Gasteiger partial charge in [0.1, 0.15) is 5.76 Å². The number of nitrogens with zero attached hydrogens (tertiary/aromatic N) is 1. The van der Waals surface area contributed by atoms with E-state index < -0.39 is 0 Å². The molecule has 0 spiro atoms. The van der Waals surface area contributed by atoms with E-state index in [2.05, 4.69) is 4.99 Å². The molecule has 106 valence electrons. The number of rotatable bonds is 3. The van der Waals surface area contributed by atoms with Crippen molar-refractivity contribution in [3.63, 3.8) is 0 Å². The highest BCUT2D eigenvalue weighted by atomic mass is 32.2. The number of thioether (sulfide) groups is 1. The number of ketones is 1. The monoisotopic (exact) mass is 289 g/mol. The Balaban J connectivity index is 2.19. The molecule has 0 unspecified atom stereocenters. The Labute approximate surface area is 123 Å². The first-order valence-corrected chi connectivity index (χ1v) is 7.77. The zero-order valence-electron chi connectivity index (χ0n) is 12.0.